The molecule has 6 nitrogen and oxygen atoms in total. The number of nitrogens with one attached hydrogen (secondary N) is 2. The van der Waals surface area contributed by atoms with Crippen molar-refractivity contribution in [1.82, 2.24) is 9.97 Å². The molecule has 0 aliphatic heterocycles. The predicted octanol–water partition coefficient (Wildman–Crippen LogP) is 1.93. The predicted molar refractivity (Wildman–Crippen MR) is 76.8 cm³/mol. The quantitative estimate of drug-likeness (QED) is 0.795. The van der Waals surface area contributed by atoms with E-state index in [-0.39, 0.29) is 11.7 Å². The van der Waals surface area contributed by atoms with E-state index in [0.29, 0.717) is 30.4 Å². The van der Waals surface area contributed by atoms with Crippen molar-refractivity contribution in [3.63, 3.8) is 0 Å². The molecule has 0 aliphatic carbocycles. The van der Waals surface area contributed by atoms with Gasteiger partial charge in [0.2, 0.25) is 5.95 Å². The highest BCUT2D eigenvalue weighted by Gasteiger charge is 2.07. The van der Waals surface area contributed by atoms with E-state index in [9.17, 15) is 9.18 Å². The smallest absolute Gasteiger partial charge is 0.258 e. The van der Waals surface area contributed by atoms with Gasteiger partial charge in [-0.05, 0) is 24.3 Å². The largest absolute Gasteiger partial charge is 0.383 e. The fourth-order valence-electron chi connectivity index (χ4n) is 1.54. The van der Waals surface area contributed by atoms with E-state index < -0.39 is 0 Å². The summed E-state index contributed by atoms with van der Waals surface area (Å²) in [5, 5.41) is 5.58. The minimum atomic E-state index is -0.359. The number of carbonyl (C=O) groups excluding carboxylic acids is 1. The Morgan fingerprint density at radius 3 is 2.52 bits per heavy atom. The van der Waals surface area contributed by atoms with Crippen LogP contribution in [0.25, 0.3) is 0 Å². The average Bonchev–Trinajstić information content (AvgIpc) is 2.50. The number of halogens is 1. The van der Waals surface area contributed by atoms with Crippen molar-refractivity contribution in [2.45, 2.75) is 0 Å². The molecular weight excluding hydrogens is 275 g/mol. The van der Waals surface area contributed by atoms with Gasteiger partial charge >= 0.3 is 0 Å². The van der Waals surface area contributed by atoms with Crippen LogP contribution in [-0.2, 0) is 4.74 Å². The highest BCUT2D eigenvalue weighted by atomic mass is 19.1. The fraction of sp³-hybridized carbons (Fsp3) is 0.214. The van der Waals surface area contributed by atoms with Crippen LogP contribution in [0.2, 0.25) is 0 Å². The number of benzene rings is 1. The summed E-state index contributed by atoms with van der Waals surface area (Å²) in [6.45, 7) is 1.12. The Morgan fingerprint density at radius 1 is 1.24 bits per heavy atom. The zero-order valence-corrected chi connectivity index (χ0v) is 11.5. The molecule has 2 rings (SSSR count). The Balaban J connectivity index is 1.94. The number of ether oxygens (including phenoxy) is 1. The molecule has 0 aliphatic rings. The molecule has 0 saturated carbocycles. The number of carbonyl (C=O) groups is 1. The van der Waals surface area contributed by atoms with Crippen molar-refractivity contribution in [2.24, 2.45) is 0 Å². The summed E-state index contributed by atoms with van der Waals surface area (Å²) in [6, 6.07) is 5.51. The third-order valence-electron chi connectivity index (χ3n) is 2.61. The van der Waals surface area contributed by atoms with Gasteiger partial charge in [-0.2, -0.15) is 0 Å². The Kier molecular flexibility index (Phi) is 5.16. The second-order valence-electron chi connectivity index (χ2n) is 4.18. The minimum absolute atomic E-state index is 0.316. The van der Waals surface area contributed by atoms with Crippen molar-refractivity contribution in [2.75, 3.05) is 30.9 Å². The van der Waals surface area contributed by atoms with Gasteiger partial charge in [-0.1, -0.05) is 0 Å². The molecule has 0 radical (unpaired) electrons. The maximum atomic E-state index is 12.8. The van der Waals surface area contributed by atoms with Crippen molar-refractivity contribution < 1.29 is 13.9 Å². The van der Waals surface area contributed by atoms with E-state index in [0.717, 1.165) is 0 Å². The highest BCUT2D eigenvalue weighted by molar-refractivity contribution is 6.03. The molecule has 1 aromatic carbocycles. The van der Waals surface area contributed by atoms with Crippen LogP contribution in [-0.4, -0.2) is 36.1 Å². The van der Waals surface area contributed by atoms with Gasteiger partial charge in [0.1, 0.15) is 5.82 Å². The summed E-state index contributed by atoms with van der Waals surface area (Å²) in [5.41, 5.74) is 0.820. The first kappa shape index (κ1) is 14.9. The minimum Gasteiger partial charge on any atom is -0.383 e. The molecular formula is C14H15FN4O2. The normalized spacial score (nSPS) is 10.2. The molecule has 110 valence electrons. The van der Waals surface area contributed by atoms with Crippen molar-refractivity contribution >= 4 is 17.5 Å². The molecule has 7 heteroatoms. The van der Waals surface area contributed by atoms with Gasteiger partial charge in [0.15, 0.2) is 0 Å². The van der Waals surface area contributed by atoms with Crippen molar-refractivity contribution in [1.29, 1.82) is 0 Å². The van der Waals surface area contributed by atoms with Crippen LogP contribution < -0.4 is 10.6 Å². The number of hydrogen-bond donors (Lipinski definition) is 2. The first-order valence-electron chi connectivity index (χ1n) is 6.31. The molecule has 1 amide bonds. The molecule has 2 aromatic rings. The molecule has 1 aromatic heterocycles. The van der Waals surface area contributed by atoms with Gasteiger partial charge in [-0.3, -0.25) is 4.79 Å². The highest BCUT2D eigenvalue weighted by Crippen LogP contribution is 2.10. The lowest BCUT2D eigenvalue weighted by Crippen LogP contribution is -2.14. The first-order chi connectivity index (χ1) is 10.2. The summed E-state index contributed by atoms with van der Waals surface area (Å²) in [7, 11) is 1.60. The molecule has 0 fully saturated rings. The van der Waals surface area contributed by atoms with Crippen LogP contribution in [0.1, 0.15) is 10.4 Å². The van der Waals surface area contributed by atoms with Gasteiger partial charge < -0.3 is 15.4 Å². The number of amides is 1. The topological polar surface area (TPSA) is 76.1 Å². The number of anilines is 2. The van der Waals surface area contributed by atoms with Gasteiger partial charge in [-0.25, -0.2) is 14.4 Å². The lowest BCUT2D eigenvalue weighted by molar-refractivity contribution is 0.102. The number of rotatable bonds is 6. The zero-order valence-electron chi connectivity index (χ0n) is 11.5. The second kappa shape index (κ2) is 7.30. The summed E-state index contributed by atoms with van der Waals surface area (Å²) in [6.07, 6.45) is 2.84. The SMILES string of the molecule is COCCNc1ncc(C(=O)Nc2ccc(F)cc2)cn1. The van der Waals surface area contributed by atoms with E-state index in [1.807, 2.05) is 0 Å². The van der Waals surface area contributed by atoms with E-state index in [2.05, 4.69) is 20.6 Å². The first-order valence-corrected chi connectivity index (χ1v) is 6.31. The summed E-state index contributed by atoms with van der Waals surface area (Å²) in [4.78, 5) is 20.0. The third-order valence-corrected chi connectivity index (χ3v) is 2.61. The number of aromatic nitrogens is 2. The van der Waals surface area contributed by atoms with Gasteiger partial charge in [-0.15, -0.1) is 0 Å². The third kappa shape index (κ3) is 4.50. The molecule has 0 atom stereocenters. The summed E-state index contributed by atoms with van der Waals surface area (Å²) in [5.74, 6) is -0.293. The Hall–Kier alpha value is -2.54. The fourth-order valence-corrected chi connectivity index (χ4v) is 1.54. The van der Waals surface area contributed by atoms with Crippen LogP contribution in [0.5, 0.6) is 0 Å². The van der Waals surface area contributed by atoms with Gasteiger partial charge in [0.25, 0.3) is 5.91 Å². The molecule has 0 unspecified atom stereocenters. The summed E-state index contributed by atoms with van der Waals surface area (Å²) >= 11 is 0. The summed E-state index contributed by atoms with van der Waals surface area (Å²) < 4.78 is 17.7. The lowest BCUT2D eigenvalue weighted by atomic mass is 10.2. The molecule has 21 heavy (non-hydrogen) atoms. The molecule has 0 bridgehead atoms. The van der Waals surface area contributed by atoms with Gasteiger partial charge in [0, 0.05) is 31.7 Å². The van der Waals surface area contributed by atoms with E-state index in [1.165, 1.54) is 36.7 Å². The Labute approximate surface area is 121 Å². The van der Waals surface area contributed by atoms with Crippen LogP contribution in [0, 0.1) is 5.82 Å². The van der Waals surface area contributed by atoms with E-state index in [4.69, 9.17) is 4.74 Å². The van der Waals surface area contributed by atoms with Crippen LogP contribution in [0.4, 0.5) is 16.0 Å². The standard InChI is InChI=1S/C14H15FN4O2/c1-21-7-6-16-14-17-8-10(9-18-14)13(20)19-12-4-2-11(15)3-5-12/h2-5,8-9H,6-7H2,1H3,(H,19,20)(H,16,17,18). The zero-order chi connectivity index (χ0) is 15.1. The maximum absolute atomic E-state index is 12.8. The number of methoxy groups -OCH3 is 1. The maximum Gasteiger partial charge on any atom is 0.258 e. The number of hydrogen-bond acceptors (Lipinski definition) is 5. The lowest BCUT2D eigenvalue weighted by Gasteiger charge is -2.06. The van der Waals surface area contributed by atoms with Crippen LogP contribution in [0.3, 0.4) is 0 Å². The number of nitrogens with zero attached hydrogens (tertiary/aromatic N) is 2. The van der Waals surface area contributed by atoms with Crippen molar-refractivity contribution in [3.05, 3.63) is 48.0 Å². The van der Waals surface area contributed by atoms with Gasteiger partial charge in [0.05, 0.1) is 12.2 Å². The molecule has 2 N–H and O–H groups in total. The van der Waals surface area contributed by atoms with Crippen LogP contribution >= 0.6 is 0 Å². The molecule has 0 spiro atoms. The van der Waals surface area contributed by atoms with Crippen molar-refractivity contribution in [3.8, 4) is 0 Å². The Morgan fingerprint density at radius 2 is 1.90 bits per heavy atom. The average molecular weight is 290 g/mol. The van der Waals surface area contributed by atoms with E-state index in [1.54, 1.807) is 7.11 Å². The molecule has 1 heterocycles. The monoisotopic (exact) mass is 290 g/mol. The molecule has 0 saturated heterocycles. The van der Waals surface area contributed by atoms with Crippen LogP contribution in [0.15, 0.2) is 36.7 Å². The second-order valence-corrected chi connectivity index (χ2v) is 4.18. The Bertz CT molecular complexity index is 587. The van der Waals surface area contributed by atoms with E-state index >= 15 is 0 Å².